The first-order chi connectivity index (χ1) is 11.7. The molecule has 1 aromatic heterocycles. The summed E-state index contributed by atoms with van der Waals surface area (Å²) in [6, 6.07) is 7.99. The van der Waals surface area contributed by atoms with Gasteiger partial charge in [-0.2, -0.15) is 0 Å². The number of aldehydes is 1. The Morgan fingerprint density at radius 2 is 1.88 bits per heavy atom. The molecule has 0 saturated carbocycles. The van der Waals surface area contributed by atoms with E-state index in [2.05, 4.69) is 6.92 Å². The molecular weight excluding hydrogens is 302 g/mol. The van der Waals surface area contributed by atoms with Crippen LogP contribution in [0.5, 0.6) is 0 Å². The fraction of sp³-hybridized carbons (Fsp3) is 0.400. The zero-order valence-corrected chi connectivity index (χ0v) is 14.0. The lowest BCUT2D eigenvalue weighted by atomic mass is 9.99. The average molecular weight is 325 g/mol. The van der Waals surface area contributed by atoms with E-state index in [1.807, 2.05) is 35.0 Å². The lowest BCUT2D eigenvalue weighted by Gasteiger charge is -2.23. The maximum atomic E-state index is 12.5. The number of carbonyl (C=O) groups excluding carboxylic acids is 1. The van der Waals surface area contributed by atoms with Gasteiger partial charge in [-0.15, -0.1) is 0 Å². The van der Waals surface area contributed by atoms with Crippen LogP contribution >= 0.6 is 0 Å². The van der Waals surface area contributed by atoms with Gasteiger partial charge in [0.25, 0.3) is 0 Å². The predicted octanol–water partition coefficient (Wildman–Crippen LogP) is 3.32. The maximum absolute atomic E-state index is 12.5. The Morgan fingerprint density at radius 3 is 2.50 bits per heavy atom. The molecule has 2 aromatic rings. The number of hydrogen-bond acceptors (Lipinski definition) is 3. The molecule has 0 N–H and O–H groups in total. The average Bonchev–Trinajstić information content (AvgIpc) is 2.64. The van der Waals surface area contributed by atoms with E-state index >= 15 is 0 Å². The normalized spacial score (nSPS) is 15.4. The molecular formula is C20H23NO3. The molecule has 0 amide bonds. The highest BCUT2D eigenvalue weighted by Crippen LogP contribution is 2.20. The minimum absolute atomic E-state index is 0.197. The molecule has 24 heavy (non-hydrogen) atoms. The highest BCUT2D eigenvalue weighted by molar-refractivity contribution is 5.78. The molecule has 0 aliphatic carbocycles. The fourth-order valence-corrected chi connectivity index (χ4v) is 3.20. The second kappa shape index (κ2) is 7.58. The lowest BCUT2D eigenvalue weighted by Crippen LogP contribution is -2.22. The van der Waals surface area contributed by atoms with Crippen molar-refractivity contribution < 1.29 is 9.53 Å². The predicted molar refractivity (Wildman–Crippen MR) is 94.4 cm³/mol. The summed E-state index contributed by atoms with van der Waals surface area (Å²) in [5.74, 6) is 0.524. The first-order valence-electron chi connectivity index (χ1n) is 8.57. The van der Waals surface area contributed by atoms with Gasteiger partial charge in [-0.05, 0) is 36.3 Å². The molecule has 2 heterocycles. The Labute approximate surface area is 142 Å². The van der Waals surface area contributed by atoms with Crippen molar-refractivity contribution in [2.75, 3.05) is 13.2 Å². The van der Waals surface area contributed by atoms with Crippen LogP contribution in [0.4, 0.5) is 0 Å². The van der Waals surface area contributed by atoms with E-state index in [0.717, 1.165) is 44.6 Å². The molecule has 0 unspecified atom stereocenters. The Balaban J connectivity index is 1.95. The SMILES string of the molecule is CCc1ccc(-c2cn(CC3CCOCC3)cc(C=O)c2=O)cc1. The first kappa shape index (κ1) is 16.7. The molecule has 1 aromatic carbocycles. The van der Waals surface area contributed by atoms with Gasteiger partial charge in [-0.25, -0.2) is 0 Å². The minimum atomic E-state index is -0.197. The third-order valence-corrected chi connectivity index (χ3v) is 4.72. The standard InChI is InChI=1S/C20H23NO3/c1-2-15-3-5-17(6-4-15)19-13-21(12-18(14-22)20(19)23)11-16-7-9-24-10-8-16/h3-6,12-14,16H,2,7-11H2,1H3. The molecule has 0 atom stereocenters. The Morgan fingerprint density at radius 1 is 1.17 bits per heavy atom. The Hall–Kier alpha value is -2.20. The van der Waals surface area contributed by atoms with Gasteiger partial charge in [0.15, 0.2) is 11.7 Å². The number of pyridine rings is 1. The van der Waals surface area contributed by atoms with Crippen molar-refractivity contribution in [1.82, 2.24) is 4.57 Å². The van der Waals surface area contributed by atoms with Gasteiger partial charge in [-0.1, -0.05) is 31.2 Å². The number of nitrogens with zero attached hydrogens (tertiary/aromatic N) is 1. The Kier molecular flexibility index (Phi) is 5.26. The third-order valence-electron chi connectivity index (χ3n) is 4.72. The number of hydrogen-bond donors (Lipinski definition) is 0. The van der Waals surface area contributed by atoms with E-state index in [1.165, 1.54) is 5.56 Å². The summed E-state index contributed by atoms with van der Waals surface area (Å²) in [5.41, 5.74) is 2.71. The summed E-state index contributed by atoms with van der Waals surface area (Å²) in [7, 11) is 0. The third kappa shape index (κ3) is 3.65. The summed E-state index contributed by atoms with van der Waals surface area (Å²) < 4.78 is 7.39. The highest BCUT2D eigenvalue weighted by atomic mass is 16.5. The quantitative estimate of drug-likeness (QED) is 0.792. The van der Waals surface area contributed by atoms with Gasteiger partial charge in [0.1, 0.15) is 0 Å². The van der Waals surface area contributed by atoms with E-state index in [0.29, 0.717) is 17.8 Å². The van der Waals surface area contributed by atoms with Crippen molar-refractivity contribution in [2.45, 2.75) is 32.7 Å². The molecule has 0 bridgehead atoms. The van der Waals surface area contributed by atoms with Gasteiger partial charge < -0.3 is 9.30 Å². The number of ether oxygens (including phenoxy) is 1. The number of carbonyl (C=O) groups is 1. The number of benzene rings is 1. The maximum Gasteiger partial charge on any atom is 0.199 e. The van der Waals surface area contributed by atoms with Crippen LogP contribution in [0.2, 0.25) is 0 Å². The van der Waals surface area contributed by atoms with Crippen LogP contribution in [0.25, 0.3) is 11.1 Å². The zero-order chi connectivity index (χ0) is 16.9. The minimum Gasteiger partial charge on any atom is -0.381 e. The van der Waals surface area contributed by atoms with Crippen molar-refractivity contribution in [3.63, 3.8) is 0 Å². The fourth-order valence-electron chi connectivity index (χ4n) is 3.20. The van der Waals surface area contributed by atoms with E-state index in [4.69, 9.17) is 4.74 Å². The summed E-state index contributed by atoms with van der Waals surface area (Å²) in [4.78, 5) is 23.9. The van der Waals surface area contributed by atoms with Crippen LogP contribution in [-0.4, -0.2) is 24.1 Å². The van der Waals surface area contributed by atoms with E-state index < -0.39 is 0 Å². The van der Waals surface area contributed by atoms with Crippen LogP contribution in [0, 0.1) is 5.92 Å². The summed E-state index contributed by atoms with van der Waals surface area (Å²) in [6.45, 7) is 4.49. The molecule has 0 radical (unpaired) electrons. The van der Waals surface area contributed by atoms with Gasteiger partial charge in [-0.3, -0.25) is 9.59 Å². The molecule has 4 heteroatoms. The van der Waals surface area contributed by atoms with Crippen molar-refractivity contribution in [3.8, 4) is 11.1 Å². The zero-order valence-electron chi connectivity index (χ0n) is 14.0. The van der Waals surface area contributed by atoms with E-state index in [1.54, 1.807) is 6.20 Å². The van der Waals surface area contributed by atoms with E-state index in [9.17, 15) is 9.59 Å². The smallest absolute Gasteiger partial charge is 0.199 e. The van der Waals surface area contributed by atoms with Crippen LogP contribution in [0.15, 0.2) is 41.5 Å². The highest BCUT2D eigenvalue weighted by Gasteiger charge is 2.16. The van der Waals surface area contributed by atoms with Gasteiger partial charge >= 0.3 is 0 Å². The second-order valence-electron chi connectivity index (χ2n) is 6.38. The number of aryl methyl sites for hydroxylation is 1. The monoisotopic (exact) mass is 325 g/mol. The molecule has 1 aliphatic rings. The molecule has 1 saturated heterocycles. The number of aromatic nitrogens is 1. The molecule has 4 nitrogen and oxygen atoms in total. The molecule has 126 valence electrons. The summed E-state index contributed by atoms with van der Waals surface area (Å²) in [6.07, 6.45) is 7.21. The van der Waals surface area contributed by atoms with Crippen molar-refractivity contribution in [2.24, 2.45) is 5.92 Å². The van der Waals surface area contributed by atoms with Gasteiger partial charge in [0, 0.05) is 37.7 Å². The largest absolute Gasteiger partial charge is 0.381 e. The summed E-state index contributed by atoms with van der Waals surface area (Å²) >= 11 is 0. The molecule has 1 fully saturated rings. The summed E-state index contributed by atoms with van der Waals surface area (Å²) in [5, 5.41) is 0. The van der Waals surface area contributed by atoms with Crippen LogP contribution in [-0.2, 0) is 17.7 Å². The Bertz CT molecular complexity index is 755. The molecule has 1 aliphatic heterocycles. The lowest BCUT2D eigenvalue weighted by molar-refractivity contribution is 0.0612. The van der Waals surface area contributed by atoms with Crippen LogP contribution in [0.1, 0.15) is 35.7 Å². The van der Waals surface area contributed by atoms with Crippen molar-refractivity contribution >= 4 is 6.29 Å². The molecule has 0 spiro atoms. The van der Waals surface area contributed by atoms with Gasteiger partial charge in [0.05, 0.1) is 5.56 Å². The van der Waals surface area contributed by atoms with E-state index in [-0.39, 0.29) is 11.0 Å². The van der Waals surface area contributed by atoms with Crippen LogP contribution in [0.3, 0.4) is 0 Å². The van der Waals surface area contributed by atoms with Crippen LogP contribution < -0.4 is 5.43 Å². The number of rotatable bonds is 5. The van der Waals surface area contributed by atoms with Gasteiger partial charge in [0.2, 0.25) is 0 Å². The molecule has 3 rings (SSSR count). The van der Waals surface area contributed by atoms with Crippen molar-refractivity contribution in [3.05, 3.63) is 58.0 Å². The second-order valence-corrected chi connectivity index (χ2v) is 6.38. The topological polar surface area (TPSA) is 48.3 Å². The first-order valence-corrected chi connectivity index (χ1v) is 8.57. The van der Waals surface area contributed by atoms with Crippen molar-refractivity contribution in [1.29, 1.82) is 0 Å².